The maximum absolute atomic E-state index is 6.04. The second-order valence-electron chi connectivity index (χ2n) is 6.97. The van der Waals surface area contributed by atoms with E-state index in [0.29, 0.717) is 0 Å². The minimum atomic E-state index is 0.782. The summed E-state index contributed by atoms with van der Waals surface area (Å²) in [5.41, 5.74) is 2.12. The van der Waals surface area contributed by atoms with Gasteiger partial charge >= 0.3 is 0 Å². The number of thiophene rings is 1. The van der Waals surface area contributed by atoms with Crippen molar-refractivity contribution < 1.29 is 9.47 Å². The molecule has 1 saturated heterocycles. The van der Waals surface area contributed by atoms with E-state index >= 15 is 0 Å². The van der Waals surface area contributed by atoms with Crippen LogP contribution in [0.4, 0.5) is 0 Å². The number of thiazole rings is 1. The summed E-state index contributed by atoms with van der Waals surface area (Å²) in [5, 5.41) is 3.13. The summed E-state index contributed by atoms with van der Waals surface area (Å²) >= 11 is 9.38. The smallest absolute Gasteiger partial charge is 0.132 e. The van der Waals surface area contributed by atoms with Crippen molar-refractivity contribution >= 4 is 34.3 Å². The summed E-state index contributed by atoms with van der Waals surface area (Å²) in [6.45, 7) is 6.12. The average Bonchev–Trinajstić information content (AvgIpc) is 3.37. The zero-order valence-electron chi connectivity index (χ0n) is 16.6. The molecule has 0 spiro atoms. The van der Waals surface area contributed by atoms with E-state index in [4.69, 9.17) is 26.1 Å². The van der Waals surface area contributed by atoms with Gasteiger partial charge in [-0.2, -0.15) is 0 Å². The summed E-state index contributed by atoms with van der Waals surface area (Å²) in [7, 11) is 3.34. The number of nitrogens with zero attached hydrogens (tertiary/aromatic N) is 3. The van der Waals surface area contributed by atoms with Crippen LogP contribution >= 0.6 is 34.3 Å². The van der Waals surface area contributed by atoms with E-state index in [-0.39, 0.29) is 0 Å². The SMILES string of the molecule is COc1ccc(-c2nc(CN3CCN(Cc4ccc(Cl)s4)CC3)cs2)c(OC)c1. The molecule has 0 amide bonds. The van der Waals surface area contributed by atoms with E-state index in [0.717, 1.165) is 71.4 Å². The Bertz CT molecular complexity index is 951. The lowest BCUT2D eigenvalue weighted by Gasteiger charge is -2.34. The van der Waals surface area contributed by atoms with Crippen LogP contribution in [0, 0.1) is 0 Å². The van der Waals surface area contributed by atoms with Gasteiger partial charge in [-0.1, -0.05) is 11.6 Å². The van der Waals surface area contributed by atoms with Crippen LogP contribution in [0.5, 0.6) is 11.5 Å². The highest BCUT2D eigenvalue weighted by Gasteiger charge is 2.19. The predicted octanol–water partition coefficient (Wildman–Crippen LogP) is 4.86. The zero-order chi connectivity index (χ0) is 20.2. The Labute approximate surface area is 184 Å². The Morgan fingerprint density at radius 1 is 1.00 bits per heavy atom. The Hall–Kier alpha value is -1.64. The number of piperazine rings is 1. The first kappa shape index (κ1) is 20.6. The monoisotopic (exact) mass is 449 g/mol. The first-order chi connectivity index (χ1) is 14.1. The fourth-order valence-electron chi connectivity index (χ4n) is 3.47. The van der Waals surface area contributed by atoms with Crippen LogP contribution < -0.4 is 9.47 Å². The van der Waals surface area contributed by atoms with Crippen LogP contribution in [0.3, 0.4) is 0 Å². The van der Waals surface area contributed by atoms with Crippen LogP contribution in [-0.4, -0.2) is 55.2 Å². The molecule has 2 aromatic heterocycles. The van der Waals surface area contributed by atoms with E-state index in [1.54, 1.807) is 36.9 Å². The molecule has 0 N–H and O–H groups in total. The third-order valence-corrected chi connectivity index (χ3v) is 7.19. The number of benzene rings is 1. The largest absolute Gasteiger partial charge is 0.497 e. The summed E-state index contributed by atoms with van der Waals surface area (Å²) < 4.78 is 11.7. The molecule has 1 aliphatic heterocycles. The number of ether oxygens (including phenoxy) is 2. The summed E-state index contributed by atoms with van der Waals surface area (Å²) in [6.07, 6.45) is 0. The van der Waals surface area contributed by atoms with Gasteiger partial charge in [0.1, 0.15) is 16.5 Å². The molecule has 0 aliphatic carbocycles. The Balaban J connectivity index is 1.34. The number of hydrogen-bond acceptors (Lipinski definition) is 7. The van der Waals surface area contributed by atoms with Crippen LogP contribution in [0.15, 0.2) is 35.7 Å². The number of hydrogen-bond donors (Lipinski definition) is 0. The molecule has 1 fully saturated rings. The normalized spacial score (nSPS) is 15.6. The molecule has 29 heavy (non-hydrogen) atoms. The van der Waals surface area contributed by atoms with E-state index in [1.165, 1.54) is 4.88 Å². The van der Waals surface area contributed by atoms with Gasteiger partial charge in [0.2, 0.25) is 0 Å². The molecule has 5 nitrogen and oxygen atoms in total. The Kier molecular flexibility index (Phi) is 6.72. The second-order valence-corrected chi connectivity index (χ2v) is 9.63. The molecule has 0 radical (unpaired) electrons. The van der Waals surface area contributed by atoms with E-state index in [9.17, 15) is 0 Å². The molecule has 8 heteroatoms. The predicted molar refractivity (Wildman–Crippen MR) is 121 cm³/mol. The topological polar surface area (TPSA) is 37.8 Å². The third-order valence-electron chi connectivity index (χ3n) is 5.05. The van der Waals surface area contributed by atoms with Gasteiger partial charge in [0.15, 0.2) is 0 Å². The first-order valence-corrected chi connectivity index (χ1v) is 11.6. The van der Waals surface area contributed by atoms with Crippen molar-refractivity contribution in [3.63, 3.8) is 0 Å². The second kappa shape index (κ2) is 9.45. The lowest BCUT2D eigenvalue weighted by atomic mass is 10.2. The van der Waals surface area contributed by atoms with Gasteiger partial charge in [-0.3, -0.25) is 9.80 Å². The molecular weight excluding hydrogens is 426 g/mol. The average molecular weight is 450 g/mol. The number of halogens is 1. The molecule has 0 unspecified atom stereocenters. The third kappa shape index (κ3) is 5.10. The van der Waals surface area contributed by atoms with Crippen molar-refractivity contribution in [2.75, 3.05) is 40.4 Å². The van der Waals surface area contributed by atoms with E-state index in [1.807, 2.05) is 24.3 Å². The number of rotatable bonds is 7. The highest BCUT2D eigenvalue weighted by atomic mass is 35.5. The molecule has 0 saturated carbocycles. The van der Waals surface area contributed by atoms with Gasteiger partial charge in [0.25, 0.3) is 0 Å². The Morgan fingerprint density at radius 3 is 2.41 bits per heavy atom. The fourth-order valence-corrected chi connectivity index (χ4v) is 5.44. The highest BCUT2D eigenvalue weighted by molar-refractivity contribution is 7.16. The molecule has 3 aromatic rings. The van der Waals surface area contributed by atoms with Crippen molar-refractivity contribution in [1.82, 2.24) is 14.8 Å². The van der Waals surface area contributed by atoms with Gasteiger partial charge in [-0.15, -0.1) is 22.7 Å². The molecule has 154 valence electrons. The van der Waals surface area contributed by atoms with Crippen molar-refractivity contribution in [1.29, 1.82) is 0 Å². The minimum Gasteiger partial charge on any atom is -0.497 e. The van der Waals surface area contributed by atoms with Crippen molar-refractivity contribution in [2.24, 2.45) is 0 Å². The van der Waals surface area contributed by atoms with Gasteiger partial charge < -0.3 is 9.47 Å². The summed E-state index contributed by atoms with van der Waals surface area (Å²) in [6, 6.07) is 9.96. The molecule has 0 atom stereocenters. The molecule has 0 bridgehead atoms. The van der Waals surface area contributed by atoms with Crippen molar-refractivity contribution in [3.8, 4) is 22.1 Å². The summed E-state index contributed by atoms with van der Waals surface area (Å²) in [4.78, 5) is 11.2. The summed E-state index contributed by atoms with van der Waals surface area (Å²) in [5.74, 6) is 1.57. The Morgan fingerprint density at radius 2 is 1.76 bits per heavy atom. The van der Waals surface area contributed by atoms with Gasteiger partial charge in [0.05, 0.1) is 29.8 Å². The lowest BCUT2D eigenvalue weighted by molar-refractivity contribution is 0.122. The highest BCUT2D eigenvalue weighted by Crippen LogP contribution is 2.35. The molecule has 4 rings (SSSR count). The van der Waals surface area contributed by atoms with Crippen molar-refractivity contribution in [2.45, 2.75) is 13.1 Å². The van der Waals surface area contributed by atoms with E-state index in [2.05, 4.69) is 21.2 Å². The minimum absolute atomic E-state index is 0.782. The van der Waals surface area contributed by atoms with Gasteiger partial charge in [-0.05, 0) is 24.3 Å². The van der Waals surface area contributed by atoms with E-state index < -0.39 is 0 Å². The quantitative estimate of drug-likeness (QED) is 0.515. The van der Waals surface area contributed by atoms with Crippen LogP contribution in [-0.2, 0) is 13.1 Å². The first-order valence-electron chi connectivity index (χ1n) is 9.50. The fraction of sp³-hybridized carbons (Fsp3) is 0.381. The number of methoxy groups -OCH3 is 2. The van der Waals surface area contributed by atoms with Gasteiger partial charge in [-0.25, -0.2) is 4.98 Å². The zero-order valence-corrected chi connectivity index (χ0v) is 18.9. The lowest BCUT2D eigenvalue weighted by Crippen LogP contribution is -2.45. The molecule has 3 heterocycles. The van der Waals surface area contributed by atoms with Crippen LogP contribution in [0.2, 0.25) is 4.34 Å². The van der Waals surface area contributed by atoms with Crippen molar-refractivity contribution in [3.05, 3.63) is 50.6 Å². The maximum Gasteiger partial charge on any atom is 0.132 e. The van der Waals surface area contributed by atoms with Gasteiger partial charge in [0, 0.05) is 55.6 Å². The molecular formula is C21H24ClN3O2S2. The van der Waals surface area contributed by atoms with Crippen LogP contribution in [0.1, 0.15) is 10.6 Å². The maximum atomic E-state index is 6.04. The van der Waals surface area contributed by atoms with Crippen LogP contribution in [0.25, 0.3) is 10.6 Å². The number of aromatic nitrogens is 1. The standard InChI is InChI=1S/C21H24ClN3O2S2/c1-26-16-3-5-18(19(11-16)27-2)21-23-15(14-28-21)12-24-7-9-25(10-8-24)13-17-4-6-20(22)29-17/h3-6,11,14H,7-10,12-13H2,1-2H3. The molecule has 1 aromatic carbocycles. The molecule has 1 aliphatic rings.